The van der Waals surface area contributed by atoms with Crippen LogP contribution < -0.4 is 15.8 Å². The largest absolute Gasteiger partial charge is 0.508 e. The smallest absolute Gasteiger partial charge is 0.136 e. The minimum absolute atomic E-state index is 0.215. The number of nitrogens with zero attached hydrogens (tertiary/aromatic N) is 1. The van der Waals surface area contributed by atoms with E-state index in [1.54, 1.807) is 30.5 Å². The Balaban J connectivity index is 1.59. The highest BCUT2D eigenvalue weighted by molar-refractivity contribution is 5.86. The molecule has 28 heavy (non-hydrogen) atoms. The SMILES string of the molecule is N/C(=C\Nc1ccc(O)cc1)c1ccc2c(Oc3ccccc3)cccc2n1. The third-order valence-electron chi connectivity index (χ3n) is 4.22. The average molecular weight is 369 g/mol. The summed E-state index contributed by atoms with van der Waals surface area (Å²) in [6.07, 6.45) is 1.69. The van der Waals surface area contributed by atoms with Crippen molar-refractivity contribution in [3.05, 3.63) is 96.8 Å². The Kier molecular flexibility index (Phi) is 4.80. The van der Waals surface area contributed by atoms with E-state index in [1.165, 1.54) is 0 Å². The van der Waals surface area contributed by atoms with Crippen LogP contribution in [0.3, 0.4) is 0 Å². The van der Waals surface area contributed by atoms with Crippen LogP contribution in [0.4, 0.5) is 5.69 Å². The van der Waals surface area contributed by atoms with Gasteiger partial charge in [0, 0.05) is 17.3 Å². The summed E-state index contributed by atoms with van der Waals surface area (Å²) in [5, 5.41) is 13.4. The van der Waals surface area contributed by atoms with Gasteiger partial charge in [-0.15, -0.1) is 0 Å². The molecule has 4 aromatic rings. The molecule has 1 heterocycles. The number of aromatic hydroxyl groups is 1. The molecule has 0 bridgehead atoms. The number of nitrogens with two attached hydrogens (primary N) is 1. The molecule has 0 atom stereocenters. The number of ether oxygens (including phenoxy) is 1. The van der Waals surface area contributed by atoms with Crippen molar-refractivity contribution in [3.8, 4) is 17.2 Å². The van der Waals surface area contributed by atoms with Crippen LogP contribution in [0.1, 0.15) is 5.69 Å². The summed E-state index contributed by atoms with van der Waals surface area (Å²) in [6, 6.07) is 26.0. The van der Waals surface area contributed by atoms with Crippen LogP contribution in [0.5, 0.6) is 17.2 Å². The minimum atomic E-state index is 0.215. The molecular weight excluding hydrogens is 350 g/mol. The molecule has 0 saturated heterocycles. The molecule has 0 aliphatic heterocycles. The van der Waals surface area contributed by atoms with E-state index in [2.05, 4.69) is 10.3 Å². The summed E-state index contributed by atoms with van der Waals surface area (Å²) in [7, 11) is 0. The van der Waals surface area contributed by atoms with Crippen molar-refractivity contribution in [1.29, 1.82) is 0 Å². The third kappa shape index (κ3) is 3.88. The van der Waals surface area contributed by atoms with Gasteiger partial charge in [-0.1, -0.05) is 24.3 Å². The summed E-state index contributed by atoms with van der Waals surface area (Å²) in [5.41, 5.74) is 8.97. The number of benzene rings is 3. The fourth-order valence-electron chi connectivity index (χ4n) is 2.78. The molecule has 0 fully saturated rings. The standard InChI is InChI=1S/C23H19N3O2/c24-20(15-25-16-9-11-17(27)12-10-16)22-14-13-19-21(26-22)7-4-8-23(19)28-18-5-2-1-3-6-18/h1-15,25,27H,24H2/b20-15-. The highest BCUT2D eigenvalue weighted by atomic mass is 16.5. The first-order chi connectivity index (χ1) is 13.7. The number of pyridine rings is 1. The van der Waals surface area contributed by atoms with Gasteiger partial charge in [-0.25, -0.2) is 4.98 Å². The molecule has 1 aromatic heterocycles. The Morgan fingerprint density at radius 2 is 1.68 bits per heavy atom. The van der Waals surface area contributed by atoms with Crippen molar-refractivity contribution >= 4 is 22.3 Å². The number of hydrogen-bond acceptors (Lipinski definition) is 5. The van der Waals surface area contributed by atoms with E-state index in [9.17, 15) is 5.11 Å². The molecule has 0 aliphatic carbocycles. The Morgan fingerprint density at radius 3 is 2.46 bits per heavy atom. The fraction of sp³-hybridized carbons (Fsp3) is 0. The summed E-state index contributed by atoms with van der Waals surface area (Å²) in [5.74, 6) is 1.73. The predicted molar refractivity (Wildman–Crippen MR) is 112 cm³/mol. The van der Waals surface area contributed by atoms with Crippen LogP contribution in [-0.4, -0.2) is 10.1 Å². The topological polar surface area (TPSA) is 80.4 Å². The highest BCUT2D eigenvalue weighted by Crippen LogP contribution is 2.29. The van der Waals surface area contributed by atoms with Crippen molar-refractivity contribution in [1.82, 2.24) is 4.98 Å². The first-order valence-electron chi connectivity index (χ1n) is 8.83. The molecule has 4 N–H and O–H groups in total. The van der Waals surface area contributed by atoms with Crippen LogP contribution in [0.25, 0.3) is 16.6 Å². The second-order valence-electron chi connectivity index (χ2n) is 6.23. The van der Waals surface area contributed by atoms with Crippen molar-refractivity contribution in [2.75, 3.05) is 5.32 Å². The number of nitrogens with one attached hydrogen (secondary N) is 1. The Morgan fingerprint density at radius 1 is 0.893 bits per heavy atom. The number of aromatic nitrogens is 1. The first-order valence-corrected chi connectivity index (χ1v) is 8.83. The molecule has 0 aliphatic rings. The number of anilines is 1. The van der Waals surface area contributed by atoms with Crippen molar-refractivity contribution in [2.24, 2.45) is 5.73 Å². The lowest BCUT2D eigenvalue weighted by molar-refractivity contribution is 0.475. The van der Waals surface area contributed by atoms with Gasteiger partial charge >= 0.3 is 0 Å². The summed E-state index contributed by atoms with van der Waals surface area (Å²) >= 11 is 0. The molecule has 0 spiro atoms. The maximum Gasteiger partial charge on any atom is 0.136 e. The van der Waals surface area contributed by atoms with Crippen molar-refractivity contribution in [2.45, 2.75) is 0 Å². The molecule has 0 radical (unpaired) electrons. The molecule has 3 aromatic carbocycles. The van der Waals surface area contributed by atoms with Gasteiger partial charge in [-0.2, -0.15) is 0 Å². The van der Waals surface area contributed by atoms with E-state index in [0.717, 1.165) is 28.1 Å². The van der Waals surface area contributed by atoms with E-state index < -0.39 is 0 Å². The zero-order valence-corrected chi connectivity index (χ0v) is 15.0. The van der Waals surface area contributed by atoms with E-state index in [-0.39, 0.29) is 5.75 Å². The maximum absolute atomic E-state index is 9.34. The highest BCUT2D eigenvalue weighted by Gasteiger charge is 2.07. The van der Waals surface area contributed by atoms with Gasteiger partial charge in [0.25, 0.3) is 0 Å². The zero-order chi connectivity index (χ0) is 19.3. The number of phenolic OH excluding ortho intramolecular Hbond substituents is 1. The van der Waals surface area contributed by atoms with Gasteiger partial charge in [0.2, 0.25) is 0 Å². The second kappa shape index (κ2) is 7.72. The summed E-state index contributed by atoms with van der Waals surface area (Å²) in [6.45, 7) is 0. The molecule has 0 saturated carbocycles. The quantitative estimate of drug-likeness (QED) is 0.426. The Bertz CT molecular complexity index is 1120. The minimum Gasteiger partial charge on any atom is -0.508 e. The van der Waals surface area contributed by atoms with Crippen LogP contribution >= 0.6 is 0 Å². The normalized spacial score (nSPS) is 11.4. The van der Waals surface area contributed by atoms with Gasteiger partial charge in [0.15, 0.2) is 0 Å². The second-order valence-corrected chi connectivity index (χ2v) is 6.23. The number of phenols is 1. The Labute approximate surface area is 162 Å². The summed E-state index contributed by atoms with van der Waals surface area (Å²) in [4.78, 5) is 4.65. The van der Waals surface area contributed by atoms with E-state index in [0.29, 0.717) is 11.4 Å². The van der Waals surface area contributed by atoms with E-state index in [4.69, 9.17) is 10.5 Å². The Hall–Kier alpha value is -3.99. The molecule has 5 heteroatoms. The lowest BCUT2D eigenvalue weighted by atomic mass is 10.1. The van der Waals surface area contributed by atoms with Crippen LogP contribution in [0.15, 0.2) is 91.1 Å². The average Bonchev–Trinajstić information content (AvgIpc) is 2.74. The molecule has 138 valence electrons. The van der Waals surface area contributed by atoms with Gasteiger partial charge in [-0.3, -0.25) is 0 Å². The van der Waals surface area contributed by atoms with Gasteiger partial charge < -0.3 is 20.9 Å². The lowest BCUT2D eigenvalue weighted by Gasteiger charge is -2.10. The van der Waals surface area contributed by atoms with Crippen molar-refractivity contribution in [3.63, 3.8) is 0 Å². The van der Waals surface area contributed by atoms with Crippen LogP contribution in [0.2, 0.25) is 0 Å². The lowest BCUT2D eigenvalue weighted by Crippen LogP contribution is -2.02. The first kappa shape index (κ1) is 17.4. The van der Waals surface area contributed by atoms with E-state index in [1.807, 2.05) is 60.7 Å². The molecule has 0 amide bonds. The van der Waals surface area contributed by atoms with Gasteiger partial charge in [0.1, 0.15) is 17.2 Å². The molecule has 4 rings (SSSR count). The van der Waals surface area contributed by atoms with E-state index >= 15 is 0 Å². The fourth-order valence-corrected chi connectivity index (χ4v) is 2.78. The van der Waals surface area contributed by atoms with Crippen LogP contribution in [0, 0.1) is 0 Å². The molecule has 0 unspecified atom stereocenters. The molecular formula is C23H19N3O2. The maximum atomic E-state index is 9.34. The zero-order valence-electron chi connectivity index (χ0n) is 15.0. The number of hydrogen-bond donors (Lipinski definition) is 3. The van der Waals surface area contributed by atoms with Crippen LogP contribution in [-0.2, 0) is 0 Å². The monoisotopic (exact) mass is 369 g/mol. The molecule has 5 nitrogen and oxygen atoms in total. The number of para-hydroxylation sites is 1. The van der Waals surface area contributed by atoms with Gasteiger partial charge in [-0.05, 0) is 60.7 Å². The summed E-state index contributed by atoms with van der Waals surface area (Å²) < 4.78 is 5.99. The van der Waals surface area contributed by atoms with Crippen molar-refractivity contribution < 1.29 is 9.84 Å². The number of fused-ring (bicyclic) bond motifs is 1. The predicted octanol–water partition coefficient (Wildman–Crippen LogP) is 5.10. The van der Waals surface area contributed by atoms with Gasteiger partial charge in [0.05, 0.1) is 16.9 Å². The third-order valence-corrected chi connectivity index (χ3v) is 4.22. The number of rotatable bonds is 5.